The van der Waals surface area contributed by atoms with Crippen molar-refractivity contribution >= 4 is 5.91 Å². The van der Waals surface area contributed by atoms with E-state index in [1.807, 2.05) is 0 Å². The molecule has 84 valence electrons. The van der Waals surface area contributed by atoms with Crippen LogP contribution in [-0.2, 0) is 4.79 Å². The first-order valence-electron chi connectivity index (χ1n) is 6.36. The summed E-state index contributed by atoms with van der Waals surface area (Å²) in [6, 6.07) is 1.25. The molecule has 3 fully saturated rings. The van der Waals surface area contributed by atoms with Crippen LogP contribution in [-0.4, -0.2) is 36.0 Å². The summed E-state index contributed by atoms with van der Waals surface area (Å²) in [4.78, 5) is 14.1. The van der Waals surface area contributed by atoms with Crippen LogP contribution in [0, 0.1) is 5.92 Å². The lowest BCUT2D eigenvalue weighted by Crippen LogP contribution is -2.41. The Labute approximate surface area is 91.2 Å². The van der Waals surface area contributed by atoms with Crippen molar-refractivity contribution in [3.8, 4) is 0 Å². The summed E-state index contributed by atoms with van der Waals surface area (Å²) in [5.41, 5.74) is 0. The SMILES string of the molecule is O=C(CNC1CC1)N(CC1CC1)C1CC1. The molecule has 3 heteroatoms. The minimum absolute atomic E-state index is 0.344. The van der Waals surface area contributed by atoms with Crippen LogP contribution in [0.2, 0.25) is 0 Å². The summed E-state index contributed by atoms with van der Waals surface area (Å²) < 4.78 is 0. The maximum atomic E-state index is 12.0. The molecule has 0 bridgehead atoms. The topological polar surface area (TPSA) is 32.3 Å². The van der Waals surface area contributed by atoms with Gasteiger partial charge >= 0.3 is 0 Å². The summed E-state index contributed by atoms with van der Waals surface area (Å²) in [7, 11) is 0. The number of carbonyl (C=O) groups excluding carboxylic acids is 1. The summed E-state index contributed by atoms with van der Waals surface area (Å²) in [5, 5.41) is 3.32. The van der Waals surface area contributed by atoms with Gasteiger partial charge in [-0.3, -0.25) is 4.79 Å². The fourth-order valence-corrected chi connectivity index (χ4v) is 2.04. The van der Waals surface area contributed by atoms with Crippen molar-refractivity contribution in [3.05, 3.63) is 0 Å². The summed E-state index contributed by atoms with van der Waals surface area (Å²) >= 11 is 0. The van der Waals surface area contributed by atoms with E-state index in [1.165, 1.54) is 38.5 Å². The standard InChI is InChI=1S/C12H20N2O/c15-12(7-13-10-3-4-10)14(11-5-6-11)8-9-1-2-9/h9-11,13H,1-8H2. The molecule has 3 nitrogen and oxygen atoms in total. The second kappa shape index (κ2) is 3.78. The molecule has 0 aromatic carbocycles. The van der Waals surface area contributed by atoms with Crippen LogP contribution in [0.15, 0.2) is 0 Å². The Balaban J connectivity index is 1.47. The molecule has 0 atom stereocenters. The third-order valence-corrected chi connectivity index (χ3v) is 3.58. The predicted octanol–water partition coefficient (Wildman–Crippen LogP) is 1.14. The lowest BCUT2D eigenvalue weighted by molar-refractivity contribution is -0.131. The molecule has 15 heavy (non-hydrogen) atoms. The van der Waals surface area contributed by atoms with Crippen LogP contribution >= 0.6 is 0 Å². The van der Waals surface area contributed by atoms with E-state index in [4.69, 9.17) is 0 Å². The van der Waals surface area contributed by atoms with Gasteiger partial charge in [-0.2, -0.15) is 0 Å². The Kier molecular flexibility index (Phi) is 2.43. The third-order valence-electron chi connectivity index (χ3n) is 3.58. The van der Waals surface area contributed by atoms with Crippen LogP contribution in [0.5, 0.6) is 0 Å². The number of hydrogen-bond donors (Lipinski definition) is 1. The molecule has 0 heterocycles. The molecule has 3 aliphatic carbocycles. The molecule has 3 aliphatic rings. The van der Waals surface area contributed by atoms with E-state index in [2.05, 4.69) is 10.2 Å². The molecule has 0 aromatic heterocycles. The lowest BCUT2D eigenvalue weighted by atomic mass is 10.3. The number of hydrogen-bond acceptors (Lipinski definition) is 2. The van der Waals surface area contributed by atoms with E-state index in [-0.39, 0.29) is 0 Å². The van der Waals surface area contributed by atoms with Crippen molar-refractivity contribution in [3.63, 3.8) is 0 Å². The highest BCUT2D eigenvalue weighted by Gasteiger charge is 2.36. The zero-order chi connectivity index (χ0) is 10.3. The van der Waals surface area contributed by atoms with Gasteiger partial charge in [0.25, 0.3) is 0 Å². The van der Waals surface area contributed by atoms with Gasteiger partial charge in [-0.05, 0) is 44.4 Å². The fraction of sp³-hybridized carbons (Fsp3) is 0.917. The van der Waals surface area contributed by atoms with Gasteiger partial charge in [-0.1, -0.05) is 0 Å². The molecule has 1 N–H and O–H groups in total. The van der Waals surface area contributed by atoms with Crippen molar-refractivity contribution in [1.82, 2.24) is 10.2 Å². The Hall–Kier alpha value is -0.570. The number of rotatable bonds is 6. The van der Waals surface area contributed by atoms with E-state index < -0.39 is 0 Å². The smallest absolute Gasteiger partial charge is 0.236 e. The lowest BCUT2D eigenvalue weighted by Gasteiger charge is -2.22. The van der Waals surface area contributed by atoms with E-state index in [1.54, 1.807) is 0 Å². The second-order valence-corrected chi connectivity index (χ2v) is 5.38. The summed E-state index contributed by atoms with van der Waals surface area (Å²) in [6.07, 6.45) is 7.68. The van der Waals surface area contributed by atoms with Crippen molar-refractivity contribution in [1.29, 1.82) is 0 Å². The first-order valence-corrected chi connectivity index (χ1v) is 6.36. The zero-order valence-corrected chi connectivity index (χ0v) is 9.24. The molecule has 1 amide bonds. The minimum Gasteiger partial charge on any atom is -0.338 e. The molecule has 3 rings (SSSR count). The largest absolute Gasteiger partial charge is 0.338 e. The molecule has 0 aliphatic heterocycles. The van der Waals surface area contributed by atoms with Crippen LogP contribution in [0.3, 0.4) is 0 Å². The van der Waals surface area contributed by atoms with E-state index in [0.717, 1.165) is 12.5 Å². The summed E-state index contributed by atoms with van der Waals surface area (Å²) in [6.45, 7) is 1.61. The maximum absolute atomic E-state index is 12.0. The van der Waals surface area contributed by atoms with Gasteiger partial charge in [0.1, 0.15) is 0 Å². The van der Waals surface area contributed by atoms with Crippen molar-refractivity contribution in [2.75, 3.05) is 13.1 Å². The van der Waals surface area contributed by atoms with Gasteiger partial charge in [-0.15, -0.1) is 0 Å². The first kappa shape index (κ1) is 9.64. The van der Waals surface area contributed by atoms with Gasteiger partial charge in [-0.25, -0.2) is 0 Å². The van der Waals surface area contributed by atoms with Crippen LogP contribution in [0.4, 0.5) is 0 Å². The highest BCUT2D eigenvalue weighted by molar-refractivity contribution is 5.79. The average Bonchev–Trinajstić information content (AvgIpc) is 3.11. The first-order chi connectivity index (χ1) is 7.33. The number of nitrogens with zero attached hydrogens (tertiary/aromatic N) is 1. The Morgan fingerprint density at radius 2 is 1.87 bits per heavy atom. The monoisotopic (exact) mass is 208 g/mol. The molecule has 0 spiro atoms. The van der Waals surface area contributed by atoms with Gasteiger partial charge in [0.05, 0.1) is 6.54 Å². The normalized spacial score (nSPS) is 25.3. The van der Waals surface area contributed by atoms with Crippen LogP contribution in [0.25, 0.3) is 0 Å². The molecular formula is C12H20N2O. The Bertz CT molecular complexity index is 254. The zero-order valence-electron chi connectivity index (χ0n) is 9.24. The second-order valence-electron chi connectivity index (χ2n) is 5.38. The van der Waals surface area contributed by atoms with Crippen molar-refractivity contribution in [2.24, 2.45) is 5.92 Å². The highest BCUT2D eigenvalue weighted by Crippen LogP contribution is 2.34. The highest BCUT2D eigenvalue weighted by atomic mass is 16.2. The van der Waals surface area contributed by atoms with E-state index in [9.17, 15) is 4.79 Å². The maximum Gasteiger partial charge on any atom is 0.236 e. The molecular weight excluding hydrogens is 188 g/mol. The molecule has 0 aromatic rings. The molecule has 0 unspecified atom stereocenters. The number of nitrogens with one attached hydrogen (secondary N) is 1. The van der Waals surface area contributed by atoms with Gasteiger partial charge < -0.3 is 10.2 Å². The van der Waals surface area contributed by atoms with E-state index >= 15 is 0 Å². The average molecular weight is 208 g/mol. The molecule has 0 saturated heterocycles. The fourth-order valence-electron chi connectivity index (χ4n) is 2.04. The molecule has 0 radical (unpaired) electrons. The van der Waals surface area contributed by atoms with Gasteiger partial charge in [0.15, 0.2) is 0 Å². The third kappa shape index (κ3) is 2.71. The van der Waals surface area contributed by atoms with Crippen LogP contribution in [0.1, 0.15) is 38.5 Å². The van der Waals surface area contributed by atoms with Gasteiger partial charge in [0, 0.05) is 18.6 Å². The van der Waals surface area contributed by atoms with E-state index in [0.29, 0.717) is 24.5 Å². The van der Waals surface area contributed by atoms with Crippen LogP contribution < -0.4 is 5.32 Å². The Morgan fingerprint density at radius 1 is 1.13 bits per heavy atom. The number of amides is 1. The quantitative estimate of drug-likeness (QED) is 0.710. The predicted molar refractivity (Wildman–Crippen MR) is 58.5 cm³/mol. The van der Waals surface area contributed by atoms with Gasteiger partial charge in [0.2, 0.25) is 5.91 Å². The minimum atomic E-state index is 0.344. The summed E-state index contributed by atoms with van der Waals surface area (Å²) in [5.74, 6) is 1.17. The Morgan fingerprint density at radius 3 is 2.40 bits per heavy atom. The van der Waals surface area contributed by atoms with Crippen molar-refractivity contribution < 1.29 is 4.79 Å². The van der Waals surface area contributed by atoms with Crippen molar-refractivity contribution in [2.45, 2.75) is 50.6 Å². The number of carbonyl (C=O) groups is 1. The molecule has 3 saturated carbocycles.